The Morgan fingerprint density at radius 3 is 2.60 bits per heavy atom. The monoisotopic (exact) mass is 334 g/mol. The average Bonchev–Trinajstić information content (AvgIpc) is 2.45. The first-order valence-electron chi connectivity index (χ1n) is 6.26. The second-order valence-corrected chi connectivity index (χ2v) is 5.18. The third-order valence-corrected chi connectivity index (χ3v) is 3.31. The zero-order chi connectivity index (χ0) is 14.4. The number of rotatable bonds is 6. The van der Waals surface area contributed by atoms with Crippen LogP contribution in [-0.2, 0) is 0 Å². The summed E-state index contributed by atoms with van der Waals surface area (Å²) in [5.74, 6) is 1.53. The molecule has 0 aliphatic rings. The zero-order valence-electron chi connectivity index (χ0n) is 11.1. The van der Waals surface area contributed by atoms with E-state index in [1.54, 1.807) is 18.2 Å². The van der Waals surface area contributed by atoms with Gasteiger partial charge in [0.25, 0.3) is 0 Å². The predicted molar refractivity (Wildman–Crippen MR) is 81.7 cm³/mol. The second-order valence-electron chi connectivity index (χ2n) is 4.32. The number of ether oxygens (including phenoxy) is 2. The Hall–Kier alpha value is -1.81. The van der Waals surface area contributed by atoms with Crippen LogP contribution in [-0.4, -0.2) is 19.5 Å². The van der Waals surface area contributed by atoms with E-state index in [0.29, 0.717) is 24.5 Å². The van der Waals surface area contributed by atoms with Gasteiger partial charge in [-0.25, -0.2) is 0 Å². The molecule has 2 rings (SSSR count). The maximum absolute atomic E-state index is 10.6. The maximum Gasteiger partial charge on any atom is 0.150 e. The first-order valence-corrected chi connectivity index (χ1v) is 7.05. The Balaban J connectivity index is 1.83. The molecule has 20 heavy (non-hydrogen) atoms. The molecule has 0 heterocycles. The predicted octanol–water partition coefficient (Wildman–Crippen LogP) is 4.03. The summed E-state index contributed by atoms with van der Waals surface area (Å²) >= 11 is 3.37. The van der Waals surface area contributed by atoms with E-state index in [9.17, 15) is 4.79 Å². The molecule has 104 valence electrons. The summed E-state index contributed by atoms with van der Waals surface area (Å²) in [6.45, 7) is 2.92. The Kier molecular flexibility index (Phi) is 5.18. The molecule has 0 radical (unpaired) electrons. The molecule has 4 heteroatoms. The molecule has 0 amide bonds. The average molecular weight is 335 g/mol. The van der Waals surface area contributed by atoms with Crippen LogP contribution in [0.2, 0.25) is 0 Å². The van der Waals surface area contributed by atoms with Crippen LogP contribution >= 0.6 is 15.9 Å². The third-order valence-electron chi connectivity index (χ3n) is 2.69. The molecule has 0 saturated heterocycles. The van der Waals surface area contributed by atoms with Crippen molar-refractivity contribution < 1.29 is 14.3 Å². The number of aldehydes is 1. The number of hydrogen-bond acceptors (Lipinski definition) is 3. The van der Waals surface area contributed by atoms with Gasteiger partial charge in [0.1, 0.15) is 31.0 Å². The lowest BCUT2D eigenvalue weighted by molar-refractivity contribution is 0.112. The molecule has 2 aromatic carbocycles. The van der Waals surface area contributed by atoms with Crippen molar-refractivity contribution in [3.63, 3.8) is 0 Å². The first-order chi connectivity index (χ1) is 9.69. The number of halogens is 1. The van der Waals surface area contributed by atoms with Gasteiger partial charge in [-0.2, -0.15) is 0 Å². The van der Waals surface area contributed by atoms with Crippen molar-refractivity contribution >= 4 is 22.2 Å². The van der Waals surface area contributed by atoms with Gasteiger partial charge in [-0.05, 0) is 58.7 Å². The lowest BCUT2D eigenvalue weighted by Crippen LogP contribution is -2.09. The minimum absolute atomic E-state index is 0.437. The van der Waals surface area contributed by atoms with E-state index in [4.69, 9.17) is 9.47 Å². The summed E-state index contributed by atoms with van der Waals surface area (Å²) in [4.78, 5) is 10.6. The van der Waals surface area contributed by atoms with Crippen molar-refractivity contribution in [3.05, 3.63) is 58.1 Å². The van der Waals surface area contributed by atoms with Crippen molar-refractivity contribution in [2.45, 2.75) is 6.92 Å². The van der Waals surface area contributed by atoms with Gasteiger partial charge >= 0.3 is 0 Å². The van der Waals surface area contributed by atoms with Gasteiger partial charge in [0, 0.05) is 5.56 Å². The van der Waals surface area contributed by atoms with Gasteiger partial charge < -0.3 is 9.47 Å². The molecule has 0 saturated carbocycles. The molecule has 0 aliphatic heterocycles. The van der Waals surface area contributed by atoms with Gasteiger partial charge in [0.05, 0.1) is 4.47 Å². The molecule has 0 aliphatic carbocycles. The fourth-order valence-corrected chi connectivity index (χ4v) is 2.23. The highest BCUT2D eigenvalue weighted by atomic mass is 79.9. The summed E-state index contributed by atoms with van der Waals surface area (Å²) in [5, 5.41) is 0. The summed E-state index contributed by atoms with van der Waals surface area (Å²) in [7, 11) is 0. The molecule has 0 fully saturated rings. The molecular formula is C16H15BrO3. The highest BCUT2D eigenvalue weighted by Crippen LogP contribution is 2.25. The number of benzene rings is 2. The van der Waals surface area contributed by atoms with Crippen LogP contribution < -0.4 is 9.47 Å². The fourth-order valence-electron chi connectivity index (χ4n) is 1.72. The van der Waals surface area contributed by atoms with Gasteiger partial charge in [-0.15, -0.1) is 0 Å². The van der Waals surface area contributed by atoms with E-state index in [0.717, 1.165) is 22.1 Å². The largest absolute Gasteiger partial charge is 0.490 e. The first kappa shape index (κ1) is 14.6. The highest BCUT2D eigenvalue weighted by molar-refractivity contribution is 9.10. The smallest absolute Gasteiger partial charge is 0.150 e. The molecule has 3 nitrogen and oxygen atoms in total. The van der Waals surface area contributed by atoms with E-state index in [1.165, 1.54) is 0 Å². The fraction of sp³-hybridized carbons (Fsp3) is 0.188. The Morgan fingerprint density at radius 1 is 1.10 bits per heavy atom. The Bertz CT molecular complexity index is 596. The van der Waals surface area contributed by atoms with E-state index in [2.05, 4.69) is 15.9 Å². The summed E-state index contributed by atoms with van der Waals surface area (Å²) in [6, 6.07) is 13.1. The van der Waals surface area contributed by atoms with Gasteiger partial charge in [-0.1, -0.05) is 12.1 Å². The summed E-state index contributed by atoms with van der Waals surface area (Å²) in [6.07, 6.45) is 0.801. The van der Waals surface area contributed by atoms with Gasteiger partial charge in [0.2, 0.25) is 0 Å². The van der Waals surface area contributed by atoms with E-state index in [1.807, 2.05) is 31.2 Å². The second kappa shape index (κ2) is 7.10. The van der Waals surface area contributed by atoms with Crippen LogP contribution in [0.3, 0.4) is 0 Å². The number of hydrogen-bond donors (Lipinski definition) is 0. The molecule has 0 spiro atoms. The SMILES string of the molecule is Cc1cccc(OCCOc2ccc(C=O)cc2Br)c1. The number of carbonyl (C=O) groups excluding carboxylic acids is 1. The maximum atomic E-state index is 10.6. The van der Waals surface area contributed by atoms with Crippen LogP contribution in [0.15, 0.2) is 46.9 Å². The standard InChI is InChI=1S/C16H15BrO3/c1-12-3-2-4-14(9-12)19-7-8-20-16-6-5-13(11-18)10-15(16)17/h2-6,9-11H,7-8H2,1H3. The van der Waals surface area contributed by atoms with Crippen molar-refractivity contribution in [3.8, 4) is 11.5 Å². The molecule has 2 aromatic rings. The van der Waals surface area contributed by atoms with Crippen LogP contribution in [0.4, 0.5) is 0 Å². The zero-order valence-corrected chi connectivity index (χ0v) is 12.7. The van der Waals surface area contributed by atoms with Gasteiger partial charge in [0.15, 0.2) is 0 Å². The van der Waals surface area contributed by atoms with Crippen molar-refractivity contribution in [2.75, 3.05) is 13.2 Å². The Labute approximate surface area is 126 Å². The van der Waals surface area contributed by atoms with Crippen molar-refractivity contribution in [1.29, 1.82) is 0 Å². The minimum atomic E-state index is 0.437. The Morgan fingerprint density at radius 2 is 1.90 bits per heavy atom. The van der Waals surface area contributed by atoms with Crippen molar-refractivity contribution in [1.82, 2.24) is 0 Å². The normalized spacial score (nSPS) is 10.1. The van der Waals surface area contributed by atoms with E-state index < -0.39 is 0 Å². The number of carbonyl (C=O) groups is 1. The number of aryl methyl sites for hydroxylation is 1. The van der Waals surface area contributed by atoms with E-state index >= 15 is 0 Å². The molecule has 0 atom stereocenters. The lowest BCUT2D eigenvalue weighted by Gasteiger charge is -2.10. The quantitative estimate of drug-likeness (QED) is 0.591. The molecule has 0 aromatic heterocycles. The van der Waals surface area contributed by atoms with Crippen LogP contribution in [0, 0.1) is 6.92 Å². The third kappa shape index (κ3) is 4.10. The molecule has 0 N–H and O–H groups in total. The lowest BCUT2D eigenvalue weighted by atomic mass is 10.2. The van der Waals surface area contributed by atoms with Crippen LogP contribution in [0.5, 0.6) is 11.5 Å². The summed E-state index contributed by atoms with van der Waals surface area (Å²) < 4.78 is 12.0. The van der Waals surface area contributed by atoms with Crippen LogP contribution in [0.25, 0.3) is 0 Å². The minimum Gasteiger partial charge on any atom is -0.490 e. The molecular weight excluding hydrogens is 320 g/mol. The van der Waals surface area contributed by atoms with Gasteiger partial charge in [-0.3, -0.25) is 4.79 Å². The highest BCUT2D eigenvalue weighted by Gasteiger charge is 2.02. The van der Waals surface area contributed by atoms with Crippen LogP contribution in [0.1, 0.15) is 15.9 Å². The van der Waals surface area contributed by atoms with E-state index in [-0.39, 0.29) is 0 Å². The molecule has 0 bridgehead atoms. The topological polar surface area (TPSA) is 35.5 Å². The molecule has 0 unspecified atom stereocenters. The summed E-state index contributed by atoms with van der Waals surface area (Å²) in [5.41, 5.74) is 1.77. The van der Waals surface area contributed by atoms with Crippen molar-refractivity contribution in [2.24, 2.45) is 0 Å².